The van der Waals surface area contributed by atoms with E-state index in [1.165, 1.54) is 23.4 Å². The van der Waals surface area contributed by atoms with Crippen LogP contribution in [0.3, 0.4) is 0 Å². The van der Waals surface area contributed by atoms with Crippen LogP contribution in [0.2, 0.25) is 0 Å². The first-order valence-corrected chi connectivity index (χ1v) is 7.07. The topological polar surface area (TPSA) is 12.9 Å². The van der Waals surface area contributed by atoms with Crippen LogP contribution < -0.4 is 0 Å². The number of halogens is 1. The average Bonchev–Trinajstić information content (AvgIpc) is 2.84. The molecule has 0 aliphatic heterocycles. The highest BCUT2D eigenvalue weighted by molar-refractivity contribution is 9.10. The molecule has 0 amide bonds. The van der Waals surface area contributed by atoms with Crippen LogP contribution in [-0.4, -0.2) is 4.98 Å². The molecule has 0 saturated heterocycles. The minimum absolute atomic E-state index is 0.387. The zero-order chi connectivity index (χ0) is 11.2. The van der Waals surface area contributed by atoms with E-state index in [2.05, 4.69) is 52.5 Å². The first kappa shape index (κ1) is 10.5. The number of benzene rings is 1. The van der Waals surface area contributed by atoms with Gasteiger partial charge in [0.15, 0.2) is 0 Å². The number of nitrogens with zero attached hydrogens (tertiary/aromatic N) is 1. The summed E-state index contributed by atoms with van der Waals surface area (Å²) in [4.78, 5) is 4.75. The summed E-state index contributed by atoms with van der Waals surface area (Å²) in [7, 11) is 0. The van der Waals surface area contributed by atoms with Crippen LogP contribution in [0.25, 0.3) is 11.3 Å². The standard InChI is InChI=1S/C13H12BrNS/c1-13(6-7-13)12-15-11(8-16-12)9-2-4-10(14)5-3-9/h2-5,8H,6-7H2,1H3. The predicted molar refractivity (Wildman–Crippen MR) is 71.8 cm³/mol. The Kier molecular flexibility index (Phi) is 2.41. The highest BCUT2D eigenvalue weighted by Crippen LogP contribution is 2.49. The van der Waals surface area contributed by atoms with Gasteiger partial charge >= 0.3 is 0 Å². The lowest BCUT2D eigenvalue weighted by Crippen LogP contribution is -1.97. The van der Waals surface area contributed by atoms with E-state index in [9.17, 15) is 0 Å². The summed E-state index contributed by atoms with van der Waals surface area (Å²) >= 11 is 5.24. The smallest absolute Gasteiger partial charge is 0.0991 e. The monoisotopic (exact) mass is 293 g/mol. The Morgan fingerprint density at radius 2 is 1.94 bits per heavy atom. The molecule has 3 rings (SSSR count). The van der Waals surface area contributed by atoms with Crippen molar-refractivity contribution in [3.05, 3.63) is 39.1 Å². The number of rotatable bonds is 2. The molecule has 1 nitrogen and oxygen atoms in total. The van der Waals surface area contributed by atoms with E-state index in [4.69, 9.17) is 4.98 Å². The van der Waals surface area contributed by atoms with Gasteiger partial charge in [-0.15, -0.1) is 11.3 Å². The first-order valence-electron chi connectivity index (χ1n) is 5.39. The Morgan fingerprint density at radius 3 is 2.56 bits per heavy atom. The summed E-state index contributed by atoms with van der Waals surface area (Å²) in [6, 6.07) is 8.34. The minimum atomic E-state index is 0.387. The summed E-state index contributed by atoms with van der Waals surface area (Å²) in [5.41, 5.74) is 2.70. The molecule has 2 aromatic rings. The molecule has 1 aromatic heterocycles. The van der Waals surface area contributed by atoms with Crippen molar-refractivity contribution in [3.63, 3.8) is 0 Å². The summed E-state index contributed by atoms with van der Waals surface area (Å²) < 4.78 is 1.11. The Bertz CT molecular complexity index is 511. The normalized spacial score (nSPS) is 17.4. The van der Waals surface area contributed by atoms with Gasteiger partial charge < -0.3 is 0 Å². The second-order valence-corrected chi connectivity index (χ2v) is 6.38. The molecular formula is C13H12BrNS. The summed E-state index contributed by atoms with van der Waals surface area (Å²) in [5.74, 6) is 0. The maximum atomic E-state index is 4.75. The maximum Gasteiger partial charge on any atom is 0.0991 e. The summed E-state index contributed by atoms with van der Waals surface area (Å²) in [6.07, 6.45) is 2.58. The van der Waals surface area contributed by atoms with Gasteiger partial charge in [-0.05, 0) is 25.0 Å². The lowest BCUT2D eigenvalue weighted by Gasteiger charge is -2.01. The lowest BCUT2D eigenvalue weighted by atomic mass is 10.1. The fraction of sp³-hybridized carbons (Fsp3) is 0.308. The van der Waals surface area contributed by atoms with E-state index < -0.39 is 0 Å². The lowest BCUT2D eigenvalue weighted by molar-refractivity contribution is 0.777. The van der Waals surface area contributed by atoms with E-state index in [1.54, 1.807) is 11.3 Å². The average molecular weight is 294 g/mol. The minimum Gasteiger partial charge on any atom is -0.241 e. The molecule has 16 heavy (non-hydrogen) atoms. The van der Waals surface area contributed by atoms with Gasteiger partial charge in [0.1, 0.15) is 0 Å². The Balaban J connectivity index is 1.95. The molecule has 0 radical (unpaired) electrons. The zero-order valence-electron chi connectivity index (χ0n) is 9.03. The Morgan fingerprint density at radius 1 is 1.25 bits per heavy atom. The SMILES string of the molecule is CC1(c2nc(-c3ccc(Br)cc3)cs2)CC1. The molecule has 1 aliphatic rings. The highest BCUT2D eigenvalue weighted by atomic mass is 79.9. The summed E-state index contributed by atoms with van der Waals surface area (Å²) in [5, 5.41) is 3.47. The van der Waals surface area contributed by atoms with Crippen LogP contribution in [0.1, 0.15) is 24.8 Å². The fourth-order valence-corrected chi connectivity index (χ4v) is 3.02. The third-order valence-electron chi connectivity index (χ3n) is 3.16. The number of aromatic nitrogens is 1. The second kappa shape index (κ2) is 3.67. The van der Waals surface area contributed by atoms with Gasteiger partial charge in [-0.1, -0.05) is 35.0 Å². The van der Waals surface area contributed by atoms with Crippen LogP contribution in [0.4, 0.5) is 0 Å². The van der Waals surface area contributed by atoms with Gasteiger partial charge in [0, 0.05) is 20.8 Å². The van der Waals surface area contributed by atoms with Crippen molar-refractivity contribution in [2.45, 2.75) is 25.2 Å². The van der Waals surface area contributed by atoms with E-state index in [-0.39, 0.29) is 0 Å². The van der Waals surface area contributed by atoms with Gasteiger partial charge in [-0.2, -0.15) is 0 Å². The van der Waals surface area contributed by atoms with Crippen LogP contribution in [-0.2, 0) is 5.41 Å². The molecule has 3 heteroatoms. The van der Waals surface area contributed by atoms with Crippen LogP contribution in [0, 0.1) is 0 Å². The van der Waals surface area contributed by atoms with E-state index in [0.717, 1.165) is 10.2 Å². The molecule has 1 aliphatic carbocycles. The molecule has 1 saturated carbocycles. The third kappa shape index (κ3) is 1.82. The molecule has 0 spiro atoms. The van der Waals surface area contributed by atoms with Crippen LogP contribution >= 0.6 is 27.3 Å². The van der Waals surface area contributed by atoms with Crippen molar-refractivity contribution in [2.75, 3.05) is 0 Å². The first-order chi connectivity index (χ1) is 7.67. The quantitative estimate of drug-likeness (QED) is 0.787. The van der Waals surface area contributed by atoms with E-state index in [0.29, 0.717) is 5.41 Å². The second-order valence-electron chi connectivity index (χ2n) is 4.61. The third-order valence-corrected chi connectivity index (χ3v) is 4.84. The largest absolute Gasteiger partial charge is 0.241 e. The molecule has 1 aromatic carbocycles. The van der Waals surface area contributed by atoms with Crippen LogP contribution in [0.15, 0.2) is 34.1 Å². The zero-order valence-corrected chi connectivity index (χ0v) is 11.4. The van der Waals surface area contributed by atoms with E-state index >= 15 is 0 Å². The van der Waals surface area contributed by atoms with Gasteiger partial charge in [-0.25, -0.2) is 4.98 Å². The van der Waals surface area contributed by atoms with E-state index in [1.807, 2.05) is 0 Å². The van der Waals surface area contributed by atoms with Gasteiger partial charge in [0.2, 0.25) is 0 Å². The van der Waals surface area contributed by atoms with Crippen molar-refractivity contribution in [1.29, 1.82) is 0 Å². The van der Waals surface area contributed by atoms with Crippen LogP contribution in [0.5, 0.6) is 0 Å². The van der Waals surface area contributed by atoms with Crippen molar-refractivity contribution >= 4 is 27.3 Å². The van der Waals surface area contributed by atoms with Crippen molar-refractivity contribution in [3.8, 4) is 11.3 Å². The van der Waals surface area contributed by atoms with Gasteiger partial charge in [-0.3, -0.25) is 0 Å². The molecule has 0 bridgehead atoms. The summed E-state index contributed by atoms with van der Waals surface area (Å²) in [6.45, 7) is 2.30. The van der Waals surface area contributed by atoms with Crippen molar-refractivity contribution in [2.24, 2.45) is 0 Å². The molecule has 0 N–H and O–H groups in total. The van der Waals surface area contributed by atoms with Crippen molar-refractivity contribution < 1.29 is 0 Å². The highest BCUT2D eigenvalue weighted by Gasteiger charge is 2.41. The van der Waals surface area contributed by atoms with Crippen molar-refractivity contribution in [1.82, 2.24) is 4.98 Å². The fourth-order valence-electron chi connectivity index (χ4n) is 1.71. The number of hydrogen-bond acceptors (Lipinski definition) is 2. The number of hydrogen-bond donors (Lipinski definition) is 0. The van der Waals surface area contributed by atoms with Gasteiger partial charge in [0.25, 0.3) is 0 Å². The predicted octanol–water partition coefficient (Wildman–Crippen LogP) is 4.62. The Labute approximate surface area is 108 Å². The molecule has 1 fully saturated rings. The van der Waals surface area contributed by atoms with Gasteiger partial charge in [0.05, 0.1) is 10.7 Å². The molecule has 82 valence electrons. The maximum absolute atomic E-state index is 4.75. The molecular weight excluding hydrogens is 282 g/mol. The number of thiazole rings is 1. The Hall–Kier alpha value is -0.670. The molecule has 0 unspecified atom stereocenters. The molecule has 1 heterocycles. The molecule has 0 atom stereocenters.